The van der Waals surface area contributed by atoms with Crippen LogP contribution >= 0.6 is 11.3 Å². The molecule has 3 amide bonds. The van der Waals surface area contributed by atoms with E-state index in [2.05, 4.69) is 5.32 Å². The number of piperazine rings is 1. The Morgan fingerprint density at radius 2 is 1.69 bits per heavy atom. The maximum atomic E-state index is 12.8. The van der Waals surface area contributed by atoms with Crippen molar-refractivity contribution in [3.05, 3.63) is 51.7 Å². The number of hydrogen-bond acceptors (Lipinski definition) is 4. The molecule has 0 aliphatic carbocycles. The number of nitrogens with one attached hydrogen (secondary N) is 1. The van der Waals surface area contributed by atoms with Gasteiger partial charge in [-0.05, 0) is 41.6 Å². The van der Waals surface area contributed by atoms with Crippen LogP contribution in [-0.4, -0.2) is 53.7 Å². The van der Waals surface area contributed by atoms with Gasteiger partial charge in [0.2, 0.25) is 5.91 Å². The van der Waals surface area contributed by atoms with Crippen LogP contribution in [0, 0.1) is 0 Å². The lowest BCUT2D eigenvalue weighted by molar-refractivity contribution is -0.116. The molecule has 0 unspecified atom stereocenters. The predicted molar refractivity (Wildman–Crippen MR) is 99.5 cm³/mol. The minimum Gasteiger partial charge on any atom is -0.335 e. The normalized spacial score (nSPS) is 16.8. The largest absolute Gasteiger partial charge is 0.335 e. The summed E-state index contributed by atoms with van der Waals surface area (Å²) < 4.78 is 0. The monoisotopic (exact) mass is 369 g/mol. The number of aryl methyl sites for hydroxylation is 1. The van der Waals surface area contributed by atoms with Crippen molar-refractivity contribution in [2.24, 2.45) is 0 Å². The zero-order valence-electron chi connectivity index (χ0n) is 14.2. The topological polar surface area (TPSA) is 69.7 Å². The van der Waals surface area contributed by atoms with Crippen LogP contribution in [0.4, 0.5) is 5.69 Å². The van der Waals surface area contributed by atoms with Crippen molar-refractivity contribution in [1.82, 2.24) is 9.80 Å². The third kappa shape index (κ3) is 3.22. The Bertz CT molecular complexity index is 855. The third-order valence-corrected chi connectivity index (χ3v) is 5.69. The van der Waals surface area contributed by atoms with Gasteiger partial charge in [-0.1, -0.05) is 6.07 Å². The van der Waals surface area contributed by atoms with Crippen molar-refractivity contribution in [2.45, 2.75) is 12.8 Å². The number of benzene rings is 1. The zero-order valence-corrected chi connectivity index (χ0v) is 15.1. The molecule has 1 aromatic carbocycles. The maximum absolute atomic E-state index is 12.8. The van der Waals surface area contributed by atoms with Gasteiger partial charge < -0.3 is 15.1 Å². The molecule has 134 valence electrons. The number of anilines is 1. The predicted octanol–water partition coefficient (Wildman–Crippen LogP) is 2.23. The molecule has 0 bridgehead atoms. The summed E-state index contributed by atoms with van der Waals surface area (Å²) in [5.74, 6) is 0.0349. The molecule has 1 N–H and O–H groups in total. The molecule has 3 heterocycles. The van der Waals surface area contributed by atoms with Crippen molar-refractivity contribution >= 4 is 34.7 Å². The first-order valence-corrected chi connectivity index (χ1v) is 9.54. The molecule has 7 heteroatoms. The van der Waals surface area contributed by atoms with E-state index in [9.17, 15) is 14.4 Å². The number of carbonyl (C=O) groups is 3. The summed E-state index contributed by atoms with van der Waals surface area (Å²) in [4.78, 5) is 41.0. The molecule has 26 heavy (non-hydrogen) atoms. The van der Waals surface area contributed by atoms with Crippen LogP contribution in [0.5, 0.6) is 0 Å². The molecule has 6 nitrogen and oxygen atoms in total. The first-order valence-electron chi connectivity index (χ1n) is 8.66. The first kappa shape index (κ1) is 16.8. The number of amides is 3. The average molecular weight is 369 g/mol. The molecule has 2 aliphatic heterocycles. The highest BCUT2D eigenvalue weighted by molar-refractivity contribution is 7.12. The second kappa shape index (κ2) is 6.92. The van der Waals surface area contributed by atoms with Gasteiger partial charge in [-0.25, -0.2) is 0 Å². The Kier molecular flexibility index (Phi) is 4.46. The molecule has 4 rings (SSSR count). The number of rotatable bonds is 2. The summed E-state index contributed by atoms with van der Waals surface area (Å²) in [6.45, 7) is 2.15. The van der Waals surface area contributed by atoms with E-state index in [4.69, 9.17) is 0 Å². The lowest BCUT2D eigenvalue weighted by Gasteiger charge is -2.34. The summed E-state index contributed by atoms with van der Waals surface area (Å²) in [5, 5.41) is 4.72. The van der Waals surface area contributed by atoms with Gasteiger partial charge >= 0.3 is 0 Å². The molecule has 2 aromatic rings. The second-order valence-corrected chi connectivity index (χ2v) is 7.43. The Morgan fingerprint density at radius 1 is 0.962 bits per heavy atom. The zero-order chi connectivity index (χ0) is 18.1. The molecule has 0 saturated carbocycles. The van der Waals surface area contributed by atoms with E-state index in [0.717, 1.165) is 16.1 Å². The van der Waals surface area contributed by atoms with Crippen LogP contribution in [0.25, 0.3) is 0 Å². The summed E-state index contributed by atoms with van der Waals surface area (Å²) in [7, 11) is 0. The summed E-state index contributed by atoms with van der Waals surface area (Å²) in [6, 6.07) is 9.14. The highest BCUT2D eigenvalue weighted by Gasteiger charge is 2.26. The van der Waals surface area contributed by atoms with Gasteiger partial charge in [0.1, 0.15) is 0 Å². The van der Waals surface area contributed by atoms with E-state index in [-0.39, 0.29) is 17.7 Å². The highest BCUT2D eigenvalue weighted by Crippen LogP contribution is 2.24. The van der Waals surface area contributed by atoms with Crippen molar-refractivity contribution in [1.29, 1.82) is 0 Å². The average Bonchev–Trinajstić information content (AvgIpc) is 3.21. The summed E-state index contributed by atoms with van der Waals surface area (Å²) in [5.41, 5.74) is 2.43. The van der Waals surface area contributed by atoms with Crippen molar-refractivity contribution in [2.75, 3.05) is 31.5 Å². The summed E-state index contributed by atoms with van der Waals surface area (Å²) >= 11 is 1.44. The van der Waals surface area contributed by atoms with Gasteiger partial charge in [-0.2, -0.15) is 0 Å². The second-order valence-electron chi connectivity index (χ2n) is 6.48. The fraction of sp³-hybridized carbons (Fsp3) is 0.316. The van der Waals surface area contributed by atoms with Gasteiger partial charge in [0.25, 0.3) is 11.8 Å². The van der Waals surface area contributed by atoms with E-state index >= 15 is 0 Å². The van der Waals surface area contributed by atoms with Crippen LogP contribution in [0.1, 0.15) is 32.0 Å². The van der Waals surface area contributed by atoms with E-state index in [1.54, 1.807) is 21.9 Å². The number of nitrogens with zero attached hydrogens (tertiary/aromatic N) is 2. The molecular weight excluding hydrogens is 350 g/mol. The summed E-state index contributed by atoms with van der Waals surface area (Å²) in [6.07, 6.45) is 1.11. The minimum absolute atomic E-state index is 0.0168. The molecular formula is C19H19N3O3S. The van der Waals surface area contributed by atoms with Gasteiger partial charge in [-0.3, -0.25) is 14.4 Å². The highest BCUT2D eigenvalue weighted by atomic mass is 32.1. The lowest BCUT2D eigenvalue weighted by atomic mass is 10.00. The smallest absolute Gasteiger partial charge is 0.264 e. The van der Waals surface area contributed by atoms with E-state index in [0.29, 0.717) is 44.6 Å². The van der Waals surface area contributed by atoms with E-state index in [1.807, 2.05) is 23.6 Å². The van der Waals surface area contributed by atoms with Gasteiger partial charge in [0.15, 0.2) is 0 Å². The number of fused-ring (bicyclic) bond motifs is 1. The number of thiophene rings is 1. The van der Waals surface area contributed by atoms with Crippen molar-refractivity contribution < 1.29 is 14.4 Å². The Balaban J connectivity index is 1.41. The molecule has 1 fully saturated rings. The molecule has 0 spiro atoms. The molecule has 0 atom stereocenters. The molecule has 1 aromatic heterocycles. The van der Waals surface area contributed by atoms with Crippen molar-refractivity contribution in [3.63, 3.8) is 0 Å². The maximum Gasteiger partial charge on any atom is 0.264 e. The third-order valence-electron chi connectivity index (χ3n) is 4.83. The quantitative estimate of drug-likeness (QED) is 0.883. The van der Waals surface area contributed by atoms with Gasteiger partial charge in [0.05, 0.1) is 4.88 Å². The SMILES string of the molecule is O=C1CCc2cc(C(=O)N3CCN(C(=O)c4cccs4)CC3)ccc2N1. The molecule has 2 aliphatic rings. The van der Waals surface area contributed by atoms with Crippen molar-refractivity contribution in [3.8, 4) is 0 Å². The number of carbonyl (C=O) groups excluding carboxylic acids is 3. The van der Waals surface area contributed by atoms with E-state index < -0.39 is 0 Å². The van der Waals surface area contributed by atoms with Gasteiger partial charge in [0, 0.05) is 43.9 Å². The molecule has 0 radical (unpaired) electrons. The fourth-order valence-electron chi connectivity index (χ4n) is 3.37. The van der Waals surface area contributed by atoms with Crippen LogP contribution < -0.4 is 5.32 Å². The Labute approximate surface area is 155 Å². The fourth-order valence-corrected chi connectivity index (χ4v) is 4.06. The van der Waals surface area contributed by atoms with Crippen LogP contribution in [0.3, 0.4) is 0 Å². The van der Waals surface area contributed by atoms with Crippen LogP contribution in [0.15, 0.2) is 35.7 Å². The van der Waals surface area contributed by atoms with E-state index in [1.165, 1.54) is 11.3 Å². The number of hydrogen-bond donors (Lipinski definition) is 1. The first-order chi connectivity index (χ1) is 12.6. The molecule has 1 saturated heterocycles. The van der Waals surface area contributed by atoms with Crippen LogP contribution in [0.2, 0.25) is 0 Å². The Morgan fingerprint density at radius 3 is 2.38 bits per heavy atom. The minimum atomic E-state index is -0.0204. The van der Waals surface area contributed by atoms with Gasteiger partial charge in [-0.15, -0.1) is 11.3 Å². The lowest BCUT2D eigenvalue weighted by Crippen LogP contribution is -2.50. The standard InChI is InChI=1S/C19H19N3O3S/c23-17-6-4-13-12-14(3-5-15(13)20-17)18(24)21-7-9-22(10-8-21)19(25)16-2-1-11-26-16/h1-3,5,11-12H,4,6-10H2,(H,20,23). The van der Waals surface area contributed by atoms with Crippen LogP contribution in [-0.2, 0) is 11.2 Å². The Hall–Kier alpha value is -2.67.